The third kappa shape index (κ3) is 2.38. The van der Waals surface area contributed by atoms with Crippen molar-refractivity contribution in [2.75, 3.05) is 0 Å². The van der Waals surface area contributed by atoms with Gasteiger partial charge in [0.2, 0.25) is 0 Å². The Morgan fingerprint density at radius 1 is 1.60 bits per heavy atom. The molecule has 0 amide bonds. The van der Waals surface area contributed by atoms with Crippen molar-refractivity contribution in [1.82, 2.24) is 35.7 Å². The lowest BCUT2D eigenvalue weighted by molar-refractivity contribution is 0.546. The molecular formula is C8H13N7. The number of H-pyrrole nitrogens is 1. The van der Waals surface area contributed by atoms with Crippen molar-refractivity contribution in [2.45, 2.75) is 19.5 Å². The van der Waals surface area contributed by atoms with Crippen LogP contribution in [0.2, 0.25) is 0 Å². The molecule has 15 heavy (non-hydrogen) atoms. The Labute approximate surface area is 86.9 Å². The molecule has 7 heteroatoms. The SMILES string of the molecule is CC(NCc1cnn(C)c1)c1nn[nH]n1. The van der Waals surface area contributed by atoms with Gasteiger partial charge in [0, 0.05) is 25.4 Å². The molecule has 1 unspecified atom stereocenters. The van der Waals surface area contributed by atoms with Gasteiger partial charge in [0.25, 0.3) is 0 Å². The number of nitrogens with zero attached hydrogens (tertiary/aromatic N) is 5. The molecule has 2 rings (SSSR count). The molecule has 0 saturated carbocycles. The Bertz CT molecular complexity index is 404. The van der Waals surface area contributed by atoms with Crippen LogP contribution in [0.1, 0.15) is 24.4 Å². The average Bonchev–Trinajstić information content (AvgIpc) is 2.84. The summed E-state index contributed by atoms with van der Waals surface area (Å²) in [6.45, 7) is 2.73. The van der Waals surface area contributed by atoms with Crippen LogP contribution in [0.5, 0.6) is 0 Å². The van der Waals surface area contributed by atoms with E-state index in [1.807, 2.05) is 26.4 Å². The molecule has 2 aromatic rings. The smallest absolute Gasteiger partial charge is 0.191 e. The van der Waals surface area contributed by atoms with Crippen molar-refractivity contribution < 1.29 is 0 Å². The lowest BCUT2D eigenvalue weighted by Gasteiger charge is -2.07. The number of hydrogen-bond acceptors (Lipinski definition) is 5. The van der Waals surface area contributed by atoms with Crippen LogP contribution in [0.15, 0.2) is 12.4 Å². The van der Waals surface area contributed by atoms with Gasteiger partial charge in [0.15, 0.2) is 5.82 Å². The summed E-state index contributed by atoms with van der Waals surface area (Å²) in [5, 5.41) is 21.1. The van der Waals surface area contributed by atoms with Gasteiger partial charge in [-0.15, -0.1) is 10.2 Å². The molecule has 80 valence electrons. The zero-order chi connectivity index (χ0) is 10.7. The summed E-state index contributed by atoms with van der Waals surface area (Å²) < 4.78 is 1.77. The lowest BCUT2D eigenvalue weighted by Crippen LogP contribution is -2.19. The van der Waals surface area contributed by atoms with E-state index in [0.717, 1.165) is 12.1 Å². The summed E-state index contributed by atoms with van der Waals surface area (Å²) in [6.07, 6.45) is 3.80. The fraction of sp³-hybridized carbons (Fsp3) is 0.500. The second-order valence-corrected chi connectivity index (χ2v) is 3.39. The molecule has 1 atom stereocenters. The minimum absolute atomic E-state index is 0.0731. The highest BCUT2D eigenvalue weighted by molar-refractivity contribution is 5.03. The van der Waals surface area contributed by atoms with Crippen molar-refractivity contribution in [2.24, 2.45) is 7.05 Å². The number of aromatic nitrogens is 6. The van der Waals surface area contributed by atoms with Crippen LogP contribution in [-0.4, -0.2) is 30.4 Å². The fourth-order valence-corrected chi connectivity index (χ4v) is 1.28. The largest absolute Gasteiger partial charge is 0.303 e. The minimum atomic E-state index is 0.0731. The minimum Gasteiger partial charge on any atom is -0.303 e. The monoisotopic (exact) mass is 207 g/mol. The summed E-state index contributed by atoms with van der Waals surface area (Å²) in [5.74, 6) is 0.666. The highest BCUT2D eigenvalue weighted by Gasteiger charge is 2.09. The van der Waals surface area contributed by atoms with Gasteiger partial charge in [0.05, 0.1) is 12.2 Å². The molecular weight excluding hydrogens is 194 g/mol. The van der Waals surface area contributed by atoms with Crippen LogP contribution in [0.4, 0.5) is 0 Å². The van der Waals surface area contributed by atoms with Gasteiger partial charge in [0.1, 0.15) is 0 Å². The second-order valence-electron chi connectivity index (χ2n) is 3.39. The first kappa shape index (κ1) is 9.78. The first-order valence-electron chi connectivity index (χ1n) is 4.70. The molecule has 0 aliphatic heterocycles. The highest BCUT2D eigenvalue weighted by Crippen LogP contribution is 2.05. The fourth-order valence-electron chi connectivity index (χ4n) is 1.28. The van der Waals surface area contributed by atoms with Crippen molar-refractivity contribution in [3.8, 4) is 0 Å². The molecule has 0 fully saturated rings. The molecule has 0 aromatic carbocycles. The number of aromatic amines is 1. The van der Waals surface area contributed by atoms with E-state index in [0.29, 0.717) is 5.82 Å². The maximum absolute atomic E-state index is 4.08. The van der Waals surface area contributed by atoms with Gasteiger partial charge < -0.3 is 5.32 Å². The molecule has 2 N–H and O–H groups in total. The van der Waals surface area contributed by atoms with Crippen LogP contribution in [0.3, 0.4) is 0 Å². The molecule has 0 radical (unpaired) electrons. The Balaban J connectivity index is 1.88. The van der Waals surface area contributed by atoms with E-state index in [2.05, 4.69) is 31.0 Å². The number of tetrazole rings is 1. The zero-order valence-corrected chi connectivity index (χ0v) is 8.68. The summed E-state index contributed by atoms with van der Waals surface area (Å²) in [4.78, 5) is 0. The number of hydrogen-bond donors (Lipinski definition) is 2. The Morgan fingerprint density at radius 3 is 3.07 bits per heavy atom. The summed E-state index contributed by atoms with van der Waals surface area (Å²) in [7, 11) is 1.89. The van der Waals surface area contributed by atoms with E-state index >= 15 is 0 Å². The van der Waals surface area contributed by atoms with E-state index in [4.69, 9.17) is 0 Å². The van der Waals surface area contributed by atoms with Gasteiger partial charge in [-0.05, 0) is 6.92 Å². The van der Waals surface area contributed by atoms with Gasteiger partial charge >= 0.3 is 0 Å². The predicted molar refractivity (Wildman–Crippen MR) is 52.6 cm³/mol. The Morgan fingerprint density at radius 2 is 2.47 bits per heavy atom. The number of nitrogens with one attached hydrogen (secondary N) is 2. The Kier molecular flexibility index (Phi) is 2.72. The molecule has 0 bridgehead atoms. The molecule has 0 saturated heterocycles. The van der Waals surface area contributed by atoms with Gasteiger partial charge in [-0.1, -0.05) is 5.21 Å². The number of aryl methyl sites for hydroxylation is 1. The van der Waals surface area contributed by atoms with Crippen molar-refractivity contribution in [3.05, 3.63) is 23.8 Å². The standard InChI is InChI=1S/C8H13N7/c1-6(8-11-13-14-12-8)9-3-7-4-10-15(2)5-7/h4-6,9H,3H2,1-2H3,(H,11,12,13,14). The van der Waals surface area contributed by atoms with Gasteiger partial charge in [-0.25, -0.2) is 0 Å². The summed E-state index contributed by atoms with van der Waals surface area (Å²) in [6, 6.07) is 0.0731. The van der Waals surface area contributed by atoms with Crippen LogP contribution in [-0.2, 0) is 13.6 Å². The third-order valence-electron chi connectivity index (χ3n) is 2.12. The normalized spacial score (nSPS) is 12.9. The van der Waals surface area contributed by atoms with E-state index in [1.54, 1.807) is 4.68 Å². The molecule has 0 aliphatic carbocycles. The zero-order valence-electron chi connectivity index (χ0n) is 8.68. The molecule has 2 aromatic heterocycles. The van der Waals surface area contributed by atoms with Gasteiger partial charge in [-0.2, -0.15) is 10.3 Å². The molecule has 0 spiro atoms. The first-order chi connectivity index (χ1) is 7.25. The third-order valence-corrected chi connectivity index (χ3v) is 2.12. The average molecular weight is 207 g/mol. The van der Waals surface area contributed by atoms with Crippen LogP contribution in [0, 0.1) is 0 Å². The first-order valence-corrected chi connectivity index (χ1v) is 4.70. The summed E-state index contributed by atoms with van der Waals surface area (Å²) in [5.41, 5.74) is 1.13. The maximum atomic E-state index is 4.08. The van der Waals surface area contributed by atoms with Crippen LogP contribution >= 0.6 is 0 Å². The molecule has 2 heterocycles. The van der Waals surface area contributed by atoms with E-state index in [1.165, 1.54) is 0 Å². The van der Waals surface area contributed by atoms with Crippen molar-refractivity contribution in [1.29, 1.82) is 0 Å². The predicted octanol–water partition coefficient (Wildman–Crippen LogP) is -0.216. The topological polar surface area (TPSA) is 84.3 Å². The Hall–Kier alpha value is -1.76. The summed E-state index contributed by atoms with van der Waals surface area (Å²) >= 11 is 0. The maximum Gasteiger partial charge on any atom is 0.191 e. The quantitative estimate of drug-likeness (QED) is 0.724. The van der Waals surface area contributed by atoms with Crippen LogP contribution in [0.25, 0.3) is 0 Å². The van der Waals surface area contributed by atoms with E-state index < -0.39 is 0 Å². The molecule has 0 aliphatic rings. The van der Waals surface area contributed by atoms with Crippen molar-refractivity contribution >= 4 is 0 Å². The van der Waals surface area contributed by atoms with Crippen LogP contribution < -0.4 is 5.32 Å². The van der Waals surface area contributed by atoms with E-state index in [9.17, 15) is 0 Å². The van der Waals surface area contributed by atoms with E-state index in [-0.39, 0.29) is 6.04 Å². The lowest BCUT2D eigenvalue weighted by atomic mass is 10.3. The number of rotatable bonds is 4. The highest BCUT2D eigenvalue weighted by atomic mass is 15.5. The van der Waals surface area contributed by atoms with Crippen molar-refractivity contribution in [3.63, 3.8) is 0 Å². The van der Waals surface area contributed by atoms with Gasteiger partial charge in [-0.3, -0.25) is 4.68 Å². The molecule has 7 nitrogen and oxygen atoms in total. The second kappa shape index (κ2) is 4.18.